The van der Waals surface area contributed by atoms with Crippen molar-refractivity contribution in [3.05, 3.63) is 57.2 Å². The fourth-order valence-electron chi connectivity index (χ4n) is 4.20. The van der Waals surface area contributed by atoms with Crippen molar-refractivity contribution in [2.45, 2.75) is 44.9 Å². The second kappa shape index (κ2) is 8.80. The Balaban J connectivity index is 1.58. The summed E-state index contributed by atoms with van der Waals surface area (Å²) in [4.78, 5) is 14.3. The van der Waals surface area contributed by atoms with E-state index >= 15 is 0 Å². The standard InChI is InChI=1S/C23H23BrClNO3/c24-19-9-15(11-22(27)28)10-20(25)23(19)29-17-6-7-21-18(12-17)16(13-26-21)8-14-4-2-1-3-5-14/h6-7,9-10,12-14,26H,1-5,8,11H2,(H,27,28). The molecule has 0 amide bonds. The summed E-state index contributed by atoms with van der Waals surface area (Å²) < 4.78 is 6.72. The summed E-state index contributed by atoms with van der Waals surface area (Å²) in [5, 5.41) is 10.5. The number of nitrogens with one attached hydrogen (secondary N) is 1. The van der Waals surface area contributed by atoms with E-state index in [4.69, 9.17) is 21.4 Å². The van der Waals surface area contributed by atoms with Crippen LogP contribution in [-0.2, 0) is 17.6 Å². The molecule has 0 atom stereocenters. The van der Waals surface area contributed by atoms with E-state index in [1.807, 2.05) is 12.1 Å². The monoisotopic (exact) mass is 475 g/mol. The van der Waals surface area contributed by atoms with Gasteiger partial charge in [-0.2, -0.15) is 0 Å². The van der Waals surface area contributed by atoms with Crippen molar-refractivity contribution in [2.75, 3.05) is 0 Å². The highest BCUT2D eigenvalue weighted by Gasteiger charge is 2.17. The van der Waals surface area contributed by atoms with Crippen molar-refractivity contribution in [1.29, 1.82) is 0 Å². The molecule has 1 aromatic heterocycles. The molecule has 2 N–H and O–H groups in total. The van der Waals surface area contributed by atoms with Crippen LogP contribution >= 0.6 is 27.5 Å². The predicted molar refractivity (Wildman–Crippen MR) is 119 cm³/mol. The predicted octanol–water partition coefficient (Wildman–Crippen LogP) is 7.13. The number of carbonyl (C=O) groups is 1. The van der Waals surface area contributed by atoms with Crippen LogP contribution < -0.4 is 4.74 Å². The summed E-state index contributed by atoms with van der Waals surface area (Å²) in [7, 11) is 0. The van der Waals surface area contributed by atoms with Gasteiger partial charge < -0.3 is 14.8 Å². The van der Waals surface area contributed by atoms with Gasteiger partial charge in [-0.1, -0.05) is 43.7 Å². The molecule has 1 fully saturated rings. The van der Waals surface area contributed by atoms with Gasteiger partial charge in [0.1, 0.15) is 5.75 Å². The number of aromatic amines is 1. The lowest BCUT2D eigenvalue weighted by atomic mass is 9.85. The highest BCUT2D eigenvalue weighted by molar-refractivity contribution is 9.10. The Bertz CT molecular complexity index is 1020. The molecule has 4 rings (SSSR count). The van der Waals surface area contributed by atoms with Gasteiger partial charge in [0.25, 0.3) is 0 Å². The fourth-order valence-corrected chi connectivity index (χ4v) is 5.18. The van der Waals surface area contributed by atoms with Gasteiger partial charge >= 0.3 is 5.97 Å². The quantitative estimate of drug-likeness (QED) is 0.398. The smallest absolute Gasteiger partial charge is 0.307 e. The summed E-state index contributed by atoms with van der Waals surface area (Å²) in [6, 6.07) is 9.36. The van der Waals surface area contributed by atoms with Crippen molar-refractivity contribution in [1.82, 2.24) is 4.98 Å². The van der Waals surface area contributed by atoms with E-state index in [1.165, 1.54) is 43.1 Å². The Hall–Kier alpha value is -1.98. The summed E-state index contributed by atoms with van der Waals surface area (Å²) in [6.45, 7) is 0. The Morgan fingerprint density at radius 3 is 2.72 bits per heavy atom. The van der Waals surface area contributed by atoms with Crippen molar-refractivity contribution in [3.8, 4) is 11.5 Å². The normalized spacial score (nSPS) is 15.0. The molecule has 1 aliphatic carbocycles. The molecule has 3 aromatic rings. The molecule has 0 radical (unpaired) electrons. The van der Waals surface area contributed by atoms with Crippen LogP contribution in [0.3, 0.4) is 0 Å². The molecule has 0 saturated heterocycles. The summed E-state index contributed by atoms with van der Waals surface area (Å²) in [6.07, 6.45) is 9.80. The van der Waals surface area contributed by atoms with Crippen LogP contribution in [0.1, 0.15) is 43.2 Å². The molecule has 0 bridgehead atoms. The maximum Gasteiger partial charge on any atom is 0.307 e. The third-order valence-electron chi connectivity index (χ3n) is 5.61. The number of benzene rings is 2. The molecule has 0 unspecified atom stereocenters. The lowest BCUT2D eigenvalue weighted by molar-refractivity contribution is -0.136. The van der Waals surface area contributed by atoms with Crippen molar-refractivity contribution in [3.63, 3.8) is 0 Å². The zero-order valence-corrected chi connectivity index (χ0v) is 18.4. The van der Waals surface area contributed by atoms with Gasteiger partial charge in [-0.15, -0.1) is 0 Å². The molecular weight excluding hydrogens is 454 g/mol. The Morgan fingerprint density at radius 2 is 2.00 bits per heavy atom. The van der Waals surface area contributed by atoms with Gasteiger partial charge in [0.15, 0.2) is 5.75 Å². The highest BCUT2D eigenvalue weighted by Crippen LogP contribution is 2.39. The Kier molecular flexibility index (Phi) is 6.16. The number of hydrogen-bond donors (Lipinski definition) is 2. The lowest BCUT2D eigenvalue weighted by Crippen LogP contribution is -2.08. The fraction of sp³-hybridized carbons (Fsp3) is 0.348. The average molecular weight is 477 g/mol. The van der Waals surface area contributed by atoms with Gasteiger partial charge in [0, 0.05) is 17.1 Å². The molecule has 4 nitrogen and oxygen atoms in total. The molecule has 152 valence electrons. The number of hydrogen-bond acceptors (Lipinski definition) is 2. The molecule has 1 heterocycles. The molecule has 6 heteroatoms. The first kappa shape index (κ1) is 20.3. The van der Waals surface area contributed by atoms with Gasteiger partial charge in [0.05, 0.1) is 15.9 Å². The van der Waals surface area contributed by atoms with Crippen LogP contribution in [0.2, 0.25) is 5.02 Å². The Morgan fingerprint density at radius 1 is 1.21 bits per heavy atom. The van der Waals surface area contributed by atoms with Gasteiger partial charge in [-0.25, -0.2) is 0 Å². The van der Waals surface area contributed by atoms with E-state index in [0.717, 1.165) is 17.9 Å². The largest absolute Gasteiger partial charge is 0.481 e. The summed E-state index contributed by atoms with van der Waals surface area (Å²) in [5.74, 6) is 1.06. The maximum atomic E-state index is 10.9. The van der Waals surface area contributed by atoms with Crippen LogP contribution in [0.25, 0.3) is 10.9 Å². The van der Waals surface area contributed by atoms with E-state index in [9.17, 15) is 4.79 Å². The third-order valence-corrected chi connectivity index (χ3v) is 6.48. The van der Waals surface area contributed by atoms with Crippen LogP contribution in [-0.4, -0.2) is 16.1 Å². The first-order valence-electron chi connectivity index (χ1n) is 9.97. The topological polar surface area (TPSA) is 62.3 Å². The highest BCUT2D eigenvalue weighted by atomic mass is 79.9. The third kappa shape index (κ3) is 4.78. The van der Waals surface area contributed by atoms with Crippen LogP contribution in [0, 0.1) is 5.92 Å². The van der Waals surface area contributed by atoms with Gasteiger partial charge in [-0.05, 0) is 69.7 Å². The first-order chi connectivity index (χ1) is 14.0. The SMILES string of the molecule is O=C(O)Cc1cc(Cl)c(Oc2ccc3[nH]cc(CC4CCCCC4)c3c2)c(Br)c1. The number of H-pyrrole nitrogens is 1. The zero-order chi connectivity index (χ0) is 20.4. The van der Waals surface area contributed by atoms with Crippen molar-refractivity contribution < 1.29 is 14.6 Å². The Labute approximate surface area is 183 Å². The van der Waals surface area contributed by atoms with E-state index in [-0.39, 0.29) is 6.42 Å². The van der Waals surface area contributed by atoms with E-state index in [2.05, 4.69) is 33.2 Å². The van der Waals surface area contributed by atoms with Gasteiger partial charge in [-0.3, -0.25) is 4.79 Å². The second-order valence-corrected chi connectivity index (χ2v) is 9.05. The number of rotatable bonds is 6. The van der Waals surface area contributed by atoms with E-state index < -0.39 is 5.97 Å². The number of aliphatic carboxylic acids is 1. The number of aromatic nitrogens is 1. The van der Waals surface area contributed by atoms with Crippen molar-refractivity contribution in [2.24, 2.45) is 5.92 Å². The minimum absolute atomic E-state index is 0.0849. The molecule has 0 aliphatic heterocycles. The lowest BCUT2D eigenvalue weighted by Gasteiger charge is -2.21. The molecule has 29 heavy (non-hydrogen) atoms. The molecule has 1 saturated carbocycles. The zero-order valence-electron chi connectivity index (χ0n) is 16.0. The van der Waals surface area contributed by atoms with E-state index in [1.54, 1.807) is 12.1 Å². The number of fused-ring (bicyclic) bond motifs is 1. The second-order valence-electron chi connectivity index (χ2n) is 7.79. The average Bonchev–Trinajstić information content (AvgIpc) is 3.07. The van der Waals surface area contributed by atoms with Crippen molar-refractivity contribution >= 4 is 44.4 Å². The number of carboxylic acids is 1. The number of halogens is 2. The van der Waals surface area contributed by atoms with Crippen LogP contribution in [0.5, 0.6) is 11.5 Å². The van der Waals surface area contributed by atoms with Crippen LogP contribution in [0.15, 0.2) is 41.0 Å². The molecular formula is C23H23BrClNO3. The van der Waals surface area contributed by atoms with E-state index in [0.29, 0.717) is 26.6 Å². The minimum Gasteiger partial charge on any atom is -0.481 e. The van der Waals surface area contributed by atoms with Crippen LogP contribution in [0.4, 0.5) is 0 Å². The van der Waals surface area contributed by atoms with Gasteiger partial charge in [0.2, 0.25) is 0 Å². The minimum atomic E-state index is -0.898. The first-order valence-corrected chi connectivity index (χ1v) is 11.1. The molecule has 0 spiro atoms. The molecule has 1 aliphatic rings. The molecule has 2 aromatic carbocycles. The number of ether oxygens (including phenoxy) is 1. The number of carboxylic acid groups (broad SMARTS) is 1. The maximum absolute atomic E-state index is 10.9. The summed E-state index contributed by atoms with van der Waals surface area (Å²) in [5.41, 5.74) is 3.06. The summed E-state index contributed by atoms with van der Waals surface area (Å²) >= 11 is 9.83.